The molecule has 1 saturated heterocycles. The summed E-state index contributed by atoms with van der Waals surface area (Å²) in [5.74, 6) is 0.685. The number of aromatic amines is 1. The maximum atomic E-state index is 12.0. The predicted octanol–water partition coefficient (Wildman–Crippen LogP) is -0.0409. The minimum absolute atomic E-state index is 0.120. The first-order valence-corrected chi connectivity index (χ1v) is 6.96. The van der Waals surface area contributed by atoms with Gasteiger partial charge in [0.05, 0.1) is 12.7 Å². The standard InChI is InChI=1S/C13H19N5O4/c1-6-15-11-10(12(19)16-6)17-13(14)18(11)9-4-7(21-3)8(22-9)5-20-2/h7-9H,4-5H2,1-3H3,(H2,14,17)(H,15,16,19)/t7?,8-,9-/m1/s1. The molecule has 9 heteroatoms. The highest BCUT2D eigenvalue weighted by Crippen LogP contribution is 2.33. The third-order valence-corrected chi connectivity index (χ3v) is 3.80. The average Bonchev–Trinajstić information content (AvgIpc) is 3.00. The maximum Gasteiger partial charge on any atom is 0.279 e. The van der Waals surface area contributed by atoms with Gasteiger partial charge in [0.1, 0.15) is 18.2 Å². The Morgan fingerprint density at radius 2 is 2.23 bits per heavy atom. The molecule has 0 amide bonds. The van der Waals surface area contributed by atoms with Gasteiger partial charge < -0.3 is 24.9 Å². The molecule has 1 aliphatic rings. The SMILES string of the molecule is COC[C@H]1O[C@@H](n2c(N)nc3c(=O)[nH]c(C)nc32)CC1OC. The number of anilines is 1. The van der Waals surface area contributed by atoms with Crippen molar-refractivity contribution in [2.24, 2.45) is 0 Å². The van der Waals surface area contributed by atoms with Gasteiger partial charge in [0.25, 0.3) is 5.56 Å². The Morgan fingerprint density at radius 3 is 2.91 bits per heavy atom. The predicted molar refractivity (Wildman–Crippen MR) is 78.5 cm³/mol. The number of hydrogen-bond acceptors (Lipinski definition) is 7. The van der Waals surface area contributed by atoms with Crippen LogP contribution in [0.4, 0.5) is 5.95 Å². The maximum absolute atomic E-state index is 12.0. The van der Waals surface area contributed by atoms with Crippen molar-refractivity contribution in [3.63, 3.8) is 0 Å². The Bertz CT molecular complexity index is 740. The third-order valence-electron chi connectivity index (χ3n) is 3.80. The van der Waals surface area contributed by atoms with Gasteiger partial charge >= 0.3 is 0 Å². The Morgan fingerprint density at radius 1 is 1.45 bits per heavy atom. The molecule has 1 fully saturated rings. The second-order valence-electron chi connectivity index (χ2n) is 5.26. The van der Waals surface area contributed by atoms with Crippen LogP contribution in [0.25, 0.3) is 11.2 Å². The van der Waals surface area contributed by atoms with Gasteiger partial charge in [-0.2, -0.15) is 0 Å². The number of hydrogen-bond donors (Lipinski definition) is 2. The monoisotopic (exact) mass is 309 g/mol. The zero-order chi connectivity index (χ0) is 15.9. The van der Waals surface area contributed by atoms with Crippen LogP contribution in [0, 0.1) is 6.92 Å². The molecule has 1 unspecified atom stereocenters. The first-order valence-electron chi connectivity index (χ1n) is 6.96. The van der Waals surface area contributed by atoms with Crippen LogP contribution < -0.4 is 11.3 Å². The zero-order valence-electron chi connectivity index (χ0n) is 12.7. The number of nitrogen functional groups attached to an aromatic ring is 1. The molecule has 0 radical (unpaired) electrons. The van der Waals surface area contributed by atoms with E-state index in [1.54, 1.807) is 25.7 Å². The van der Waals surface area contributed by atoms with Crippen molar-refractivity contribution in [1.82, 2.24) is 19.5 Å². The summed E-state index contributed by atoms with van der Waals surface area (Å²) >= 11 is 0. The summed E-state index contributed by atoms with van der Waals surface area (Å²) in [7, 11) is 3.23. The summed E-state index contributed by atoms with van der Waals surface area (Å²) in [6.07, 6.45) is -0.151. The number of fused-ring (bicyclic) bond motifs is 1. The molecule has 3 atom stereocenters. The van der Waals surface area contributed by atoms with Crippen molar-refractivity contribution in [2.45, 2.75) is 31.8 Å². The number of methoxy groups -OCH3 is 2. The molecular weight excluding hydrogens is 290 g/mol. The number of rotatable bonds is 4. The van der Waals surface area contributed by atoms with Crippen LogP contribution in [0.1, 0.15) is 18.5 Å². The van der Waals surface area contributed by atoms with Crippen LogP contribution in [0.3, 0.4) is 0 Å². The molecule has 0 bridgehead atoms. The van der Waals surface area contributed by atoms with E-state index in [1.165, 1.54) is 0 Å². The zero-order valence-corrected chi connectivity index (χ0v) is 12.7. The molecule has 2 aromatic heterocycles. The summed E-state index contributed by atoms with van der Waals surface area (Å²) in [6.45, 7) is 2.12. The van der Waals surface area contributed by atoms with Crippen LogP contribution in [0.5, 0.6) is 0 Å². The van der Waals surface area contributed by atoms with Gasteiger partial charge in [-0.05, 0) is 6.92 Å². The molecule has 3 N–H and O–H groups in total. The minimum Gasteiger partial charge on any atom is -0.382 e. The Balaban J connectivity index is 2.04. The highest BCUT2D eigenvalue weighted by Gasteiger charge is 2.38. The fourth-order valence-corrected chi connectivity index (χ4v) is 2.81. The topological polar surface area (TPSA) is 117 Å². The van der Waals surface area contributed by atoms with Crippen molar-refractivity contribution in [3.8, 4) is 0 Å². The number of nitrogens with two attached hydrogens (primary N) is 1. The summed E-state index contributed by atoms with van der Waals surface area (Å²) in [6, 6.07) is 0. The van der Waals surface area contributed by atoms with Gasteiger partial charge in [0, 0.05) is 20.6 Å². The normalized spacial score (nSPS) is 25.1. The molecule has 3 heterocycles. The van der Waals surface area contributed by atoms with E-state index in [4.69, 9.17) is 19.9 Å². The largest absolute Gasteiger partial charge is 0.382 e. The smallest absolute Gasteiger partial charge is 0.279 e. The second-order valence-corrected chi connectivity index (χ2v) is 5.26. The summed E-state index contributed by atoms with van der Waals surface area (Å²) < 4.78 is 18.2. The van der Waals surface area contributed by atoms with Crippen LogP contribution in [0.15, 0.2) is 4.79 Å². The quantitative estimate of drug-likeness (QED) is 0.813. The molecule has 0 aromatic carbocycles. The van der Waals surface area contributed by atoms with E-state index in [9.17, 15) is 4.79 Å². The number of aryl methyl sites for hydroxylation is 1. The van der Waals surface area contributed by atoms with E-state index < -0.39 is 6.23 Å². The fraction of sp³-hybridized carbons (Fsp3) is 0.615. The summed E-state index contributed by atoms with van der Waals surface area (Å²) in [5, 5.41) is 0. The number of aromatic nitrogens is 4. The first kappa shape index (κ1) is 14.9. The van der Waals surface area contributed by atoms with E-state index in [-0.39, 0.29) is 29.2 Å². The van der Waals surface area contributed by atoms with E-state index in [2.05, 4.69) is 15.0 Å². The van der Waals surface area contributed by atoms with Crippen molar-refractivity contribution in [2.75, 3.05) is 26.6 Å². The summed E-state index contributed by atoms with van der Waals surface area (Å²) in [4.78, 5) is 23.0. The van der Waals surface area contributed by atoms with E-state index in [1.807, 2.05) is 0 Å². The van der Waals surface area contributed by atoms with Crippen LogP contribution >= 0.6 is 0 Å². The lowest BCUT2D eigenvalue weighted by molar-refractivity contribution is -0.0592. The van der Waals surface area contributed by atoms with Crippen molar-refractivity contribution in [3.05, 3.63) is 16.2 Å². The molecule has 0 saturated carbocycles. The molecule has 0 spiro atoms. The fourth-order valence-electron chi connectivity index (χ4n) is 2.81. The van der Waals surface area contributed by atoms with E-state index in [0.29, 0.717) is 24.5 Å². The molecule has 120 valence electrons. The van der Waals surface area contributed by atoms with E-state index in [0.717, 1.165) is 0 Å². The molecule has 3 rings (SSSR count). The Labute approximate surface area is 126 Å². The number of imidazole rings is 1. The third kappa shape index (κ3) is 2.36. The molecule has 1 aliphatic heterocycles. The average molecular weight is 309 g/mol. The second kappa shape index (κ2) is 5.67. The molecule has 9 nitrogen and oxygen atoms in total. The van der Waals surface area contributed by atoms with Crippen molar-refractivity contribution >= 4 is 17.1 Å². The Kier molecular flexibility index (Phi) is 3.85. The van der Waals surface area contributed by atoms with Gasteiger partial charge in [-0.1, -0.05) is 0 Å². The Hall–Kier alpha value is -1.97. The first-order chi connectivity index (χ1) is 10.5. The number of ether oxygens (including phenoxy) is 3. The van der Waals surface area contributed by atoms with E-state index >= 15 is 0 Å². The molecule has 22 heavy (non-hydrogen) atoms. The van der Waals surface area contributed by atoms with Gasteiger partial charge in [-0.25, -0.2) is 9.97 Å². The lowest BCUT2D eigenvalue weighted by Gasteiger charge is -2.16. The van der Waals surface area contributed by atoms with Crippen LogP contribution in [0.2, 0.25) is 0 Å². The van der Waals surface area contributed by atoms with Crippen molar-refractivity contribution < 1.29 is 14.2 Å². The van der Waals surface area contributed by atoms with Gasteiger partial charge in [-0.3, -0.25) is 9.36 Å². The van der Waals surface area contributed by atoms with Gasteiger partial charge in [0.2, 0.25) is 5.95 Å². The summed E-state index contributed by atoms with van der Waals surface area (Å²) in [5.41, 5.74) is 6.27. The highest BCUT2D eigenvalue weighted by atomic mass is 16.6. The highest BCUT2D eigenvalue weighted by molar-refractivity contribution is 5.73. The number of nitrogens with zero attached hydrogens (tertiary/aromatic N) is 3. The number of nitrogens with one attached hydrogen (secondary N) is 1. The molecule has 2 aromatic rings. The lowest BCUT2D eigenvalue weighted by atomic mass is 10.2. The molecular formula is C13H19N5O4. The van der Waals surface area contributed by atoms with Crippen LogP contribution in [-0.2, 0) is 14.2 Å². The lowest BCUT2D eigenvalue weighted by Crippen LogP contribution is -2.27. The number of H-pyrrole nitrogens is 1. The minimum atomic E-state index is -0.399. The van der Waals surface area contributed by atoms with Crippen molar-refractivity contribution in [1.29, 1.82) is 0 Å². The van der Waals surface area contributed by atoms with Crippen LogP contribution in [-0.4, -0.2) is 52.6 Å². The van der Waals surface area contributed by atoms with Gasteiger partial charge in [-0.15, -0.1) is 0 Å². The molecule has 0 aliphatic carbocycles. The van der Waals surface area contributed by atoms with Gasteiger partial charge in [0.15, 0.2) is 11.2 Å².